The number of aromatic amines is 1. The summed E-state index contributed by atoms with van der Waals surface area (Å²) >= 11 is 0. The van der Waals surface area contributed by atoms with Crippen molar-refractivity contribution in [3.05, 3.63) is 35.8 Å². The third kappa shape index (κ3) is 3.21. The lowest BCUT2D eigenvalue weighted by molar-refractivity contribution is -0.149. The van der Waals surface area contributed by atoms with Crippen LogP contribution in [0.25, 0.3) is 10.9 Å². The fourth-order valence-electron chi connectivity index (χ4n) is 3.00. The maximum Gasteiger partial charge on any atom is 0.310 e. The second-order valence-electron chi connectivity index (χ2n) is 5.76. The predicted molar refractivity (Wildman–Crippen MR) is 83.5 cm³/mol. The number of nitrogens with one attached hydrogen (secondary N) is 1. The SMILES string of the molecule is CCOC(=O)[C@@H]1CCCN(C(=O)c2cc3cc(F)ccc3[nH]2)C1. The number of hydrogen-bond donors (Lipinski definition) is 1. The molecule has 1 atom stereocenters. The minimum Gasteiger partial charge on any atom is -0.466 e. The first-order chi connectivity index (χ1) is 11.1. The highest BCUT2D eigenvalue weighted by Crippen LogP contribution is 2.22. The van der Waals surface area contributed by atoms with Crippen LogP contribution in [0.3, 0.4) is 0 Å². The van der Waals surface area contributed by atoms with Crippen LogP contribution in [0.1, 0.15) is 30.3 Å². The molecule has 1 amide bonds. The van der Waals surface area contributed by atoms with Gasteiger partial charge < -0.3 is 14.6 Å². The van der Waals surface area contributed by atoms with Crippen LogP contribution in [0, 0.1) is 11.7 Å². The molecule has 122 valence electrons. The second-order valence-corrected chi connectivity index (χ2v) is 5.76. The molecule has 0 bridgehead atoms. The summed E-state index contributed by atoms with van der Waals surface area (Å²) in [5, 5.41) is 0.660. The van der Waals surface area contributed by atoms with Gasteiger partial charge in [-0.25, -0.2) is 4.39 Å². The van der Waals surface area contributed by atoms with Crippen molar-refractivity contribution in [2.75, 3.05) is 19.7 Å². The molecule has 23 heavy (non-hydrogen) atoms. The number of esters is 1. The smallest absolute Gasteiger partial charge is 0.310 e. The summed E-state index contributed by atoms with van der Waals surface area (Å²) in [5.74, 6) is -1.02. The first-order valence-corrected chi connectivity index (χ1v) is 7.82. The Hall–Kier alpha value is -2.37. The van der Waals surface area contributed by atoms with Gasteiger partial charge in [0, 0.05) is 24.0 Å². The van der Waals surface area contributed by atoms with E-state index in [1.54, 1.807) is 24.0 Å². The monoisotopic (exact) mass is 318 g/mol. The summed E-state index contributed by atoms with van der Waals surface area (Å²) in [6.07, 6.45) is 1.50. The lowest BCUT2D eigenvalue weighted by Crippen LogP contribution is -2.42. The number of aromatic nitrogens is 1. The fourth-order valence-corrected chi connectivity index (χ4v) is 3.00. The van der Waals surface area contributed by atoms with Gasteiger partial charge in [-0.2, -0.15) is 0 Å². The topological polar surface area (TPSA) is 62.4 Å². The average molecular weight is 318 g/mol. The van der Waals surface area contributed by atoms with Gasteiger partial charge in [-0.1, -0.05) is 0 Å². The van der Waals surface area contributed by atoms with Crippen LogP contribution < -0.4 is 0 Å². The predicted octanol–water partition coefficient (Wildman–Crippen LogP) is 2.72. The Morgan fingerprint density at radius 2 is 2.22 bits per heavy atom. The third-order valence-corrected chi connectivity index (χ3v) is 4.14. The van der Waals surface area contributed by atoms with Crippen molar-refractivity contribution >= 4 is 22.8 Å². The molecule has 5 nitrogen and oxygen atoms in total. The van der Waals surface area contributed by atoms with Crippen LogP contribution in [0.2, 0.25) is 0 Å². The Labute approximate surface area is 133 Å². The molecule has 1 fully saturated rings. The molecule has 3 rings (SSSR count). The second kappa shape index (κ2) is 6.40. The van der Waals surface area contributed by atoms with Crippen LogP contribution in [0.4, 0.5) is 4.39 Å². The number of rotatable bonds is 3. The zero-order valence-corrected chi connectivity index (χ0v) is 13.0. The maximum absolute atomic E-state index is 13.3. The molecule has 1 aromatic heterocycles. The molecule has 1 N–H and O–H groups in total. The molecule has 6 heteroatoms. The zero-order chi connectivity index (χ0) is 16.4. The molecule has 0 saturated carbocycles. The Bertz CT molecular complexity index is 741. The van der Waals surface area contributed by atoms with Gasteiger partial charge in [-0.3, -0.25) is 9.59 Å². The number of carbonyl (C=O) groups excluding carboxylic acids is 2. The summed E-state index contributed by atoms with van der Waals surface area (Å²) in [6, 6.07) is 6.00. The zero-order valence-electron chi connectivity index (χ0n) is 13.0. The van der Waals surface area contributed by atoms with Gasteiger partial charge in [0.25, 0.3) is 5.91 Å². The highest BCUT2D eigenvalue weighted by molar-refractivity contribution is 5.98. The van der Waals surface area contributed by atoms with Crippen LogP contribution in [-0.2, 0) is 9.53 Å². The van der Waals surface area contributed by atoms with E-state index in [0.717, 1.165) is 12.8 Å². The standard InChI is InChI=1S/C17H19FN2O3/c1-2-23-17(22)11-4-3-7-20(10-11)16(21)15-9-12-8-13(18)5-6-14(12)19-15/h5-6,8-9,11,19H,2-4,7,10H2,1H3/t11-/m1/s1. The number of halogens is 1. The van der Waals surface area contributed by atoms with E-state index in [9.17, 15) is 14.0 Å². The van der Waals surface area contributed by atoms with E-state index < -0.39 is 0 Å². The fraction of sp³-hybridized carbons (Fsp3) is 0.412. The number of benzene rings is 1. The first-order valence-electron chi connectivity index (χ1n) is 7.82. The summed E-state index contributed by atoms with van der Waals surface area (Å²) in [7, 11) is 0. The van der Waals surface area contributed by atoms with Crippen molar-refractivity contribution < 1.29 is 18.7 Å². The van der Waals surface area contributed by atoms with Gasteiger partial charge in [0.1, 0.15) is 11.5 Å². The minimum absolute atomic E-state index is 0.171. The van der Waals surface area contributed by atoms with E-state index >= 15 is 0 Å². The van der Waals surface area contributed by atoms with Gasteiger partial charge in [0.05, 0.1) is 12.5 Å². The molecule has 1 aliphatic heterocycles. The van der Waals surface area contributed by atoms with E-state index in [4.69, 9.17) is 4.74 Å². The molecule has 0 spiro atoms. The average Bonchev–Trinajstić information content (AvgIpc) is 2.97. The van der Waals surface area contributed by atoms with Crippen LogP contribution in [-0.4, -0.2) is 41.5 Å². The number of carbonyl (C=O) groups is 2. The minimum atomic E-state index is -0.337. The van der Waals surface area contributed by atoms with Gasteiger partial charge >= 0.3 is 5.97 Å². The van der Waals surface area contributed by atoms with Crippen molar-refractivity contribution in [1.29, 1.82) is 0 Å². The lowest BCUT2D eigenvalue weighted by Gasteiger charge is -2.31. The third-order valence-electron chi connectivity index (χ3n) is 4.14. The molecule has 1 saturated heterocycles. The van der Waals surface area contributed by atoms with Crippen LogP contribution in [0.5, 0.6) is 0 Å². The molecular formula is C17H19FN2O3. The lowest BCUT2D eigenvalue weighted by atomic mass is 9.98. The Morgan fingerprint density at radius 1 is 1.39 bits per heavy atom. The van der Waals surface area contributed by atoms with Crippen molar-refractivity contribution in [2.45, 2.75) is 19.8 Å². The quantitative estimate of drug-likeness (QED) is 0.885. The molecule has 0 radical (unpaired) electrons. The molecule has 0 aliphatic carbocycles. The van der Waals surface area contributed by atoms with Crippen molar-refractivity contribution in [1.82, 2.24) is 9.88 Å². The first kappa shape index (κ1) is 15.5. The number of piperidine rings is 1. The summed E-state index contributed by atoms with van der Waals surface area (Å²) in [6.45, 7) is 3.09. The van der Waals surface area contributed by atoms with Crippen molar-refractivity contribution in [3.8, 4) is 0 Å². The van der Waals surface area contributed by atoms with Crippen molar-refractivity contribution in [3.63, 3.8) is 0 Å². The number of likely N-dealkylation sites (tertiary alicyclic amines) is 1. The number of hydrogen-bond acceptors (Lipinski definition) is 3. The molecule has 1 aliphatic rings. The number of fused-ring (bicyclic) bond motifs is 1. The number of nitrogens with zero attached hydrogens (tertiary/aromatic N) is 1. The number of ether oxygens (including phenoxy) is 1. The molecule has 1 aromatic carbocycles. The van der Waals surface area contributed by atoms with Gasteiger partial charge in [0.15, 0.2) is 0 Å². The van der Waals surface area contributed by atoms with Gasteiger partial charge in [0.2, 0.25) is 0 Å². The molecule has 0 unspecified atom stereocenters. The summed E-state index contributed by atoms with van der Waals surface area (Å²) < 4.78 is 18.3. The molecule has 2 heterocycles. The Kier molecular flexibility index (Phi) is 4.32. The number of H-pyrrole nitrogens is 1. The summed E-state index contributed by atoms with van der Waals surface area (Å²) in [4.78, 5) is 29.2. The number of amides is 1. The van der Waals surface area contributed by atoms with E-state index in [1.165, 1.54) is 12.1 Å². The van der Waals surface area contributed by atoms with E-state index in [0.29, 0.717) is 36.3 Å². The van der Waals surface area contributed by atoms with Crippen LogP contribution in [0.15, 0.2) is 24.3 Å². The van der Waals surface area contributed by atoms with Crippen LogP contribution >= 0.6 is 0 Å². The van der Waals surface area contributed by atoms with Gasteiger partial charge in [-0.15, -0.1) is 0 Å². The molecule has 2 aromatic rings. The maximum atomic E-state index is 13.3. The van der Waals surface area contributed by atoms with E-state index in [2.05, 4.69) is 4.98 Å². The van der Waals surface area contributed by atoms with E-state index in [-0.39, 0.29) is 23.6 Å². The van der Waals surface area contributed by atoms with Gasteiger partial charge in [-0.05, 0) is 44.0 Å². The summed E-state index contributed by atoms with van der Waals surface area (Å²) in [5.41, 5.74) is 1.13. The Morgan fingerprint density at radius 3 is 3.00 bits per heavy atom. The van der Waals surface area contributed by atoms with Crippen molar-refractivity contribution in [2.24, 2.45) is 5.92 Å². The van der Waals surface area contributed by atoms with E-state index in [1.807, 2.05) is 0 Å². The Balaban J connectivity index is 1.77. The highest BCUT2D eigenvalue weighted by Gasteiger charge is 2.30. The normalized spacial score (nSPS) is 18.2. The highest BCUT2D eigenvalue weighted by atomic mass is 19.1. The molecular weight excluding hydrogens is 299 g/mol. The largest absolute Gasteiger partial charge is 0.466 e.